The molecule has 0 fully saturated rings. The molecule has 0 saturated heterocycles. The number of hydrogen-bond donors (Lipinski definition) is 0. The van der Waals surface area contributed by atoms with E-state index in [0.717, 1.165) is 15.6 Å². The first kappa shape index (κ1) is 21.7. The average Bonchev–Trinajstić information content (AvgIpc) is 2.74. The molecule has 0 bridgehead atoms. The molecule has 142 valence electrons. The Labute approximate surface area is 177 Å². The monoisotopic (exact) mass is 430 g/mol. The Bertz CT molecular complexity index is 1090. The number of hydrogen-bond acceptors (Lipinski definition) is 0. The van der Waals surface area contributed by atoms with Gasteiger partial charge in [0.15, 0.2) is 0 Å². The third-order valence-corrected chi connectivity index (χ3v) is 4.76. The van der Waals surface area contributed by atoms with Gasteiger partial charge in [0.25, 0.3) is 0 Å². The zero-order valence-electron chi connectivity index (χ0n) is 16.9. The van der Waals surface area contributed by atoms with Crippen molar-refractivity contribution >= 4 is 48.0 Å². The fourth-order valence-electron chi connectivity index (χ4n) is 2.97. The highest BCUT2D eigenvalue weighted by molar-refractivity contribution is 9.15. The first-order valence-corrected chi connectivity index (χ1v) is 10.3. The lowest BCUT2D eigenvalue weighted by Gasteiger charge is -2.07. The highest BCUT2D eigenvalue weighted by Gasteiger charge is 2.03. The number of fused-ring (bicyclic) bond motifs is 2. The summed E-state index contributed by atoms with van der Waals surface area (Å²) in [6.45, 7) is 13.8. The molecule has 0 nitrogen and oxygen atoms in total. The number of aryl methyl sites for hydroxylation is 1. The van der Waals surface area contributed by atoms with Gasteiger partial charge in [-0.05, 0) is 51.7 Å². The molecule has 0 N–H and O–H groups in total. The van der Waals surface area contributed by atoms with Crippen molar-refractivity contribution in [3.05, 3.63) is 109 Å². The molecule has 4 aromatic rings. The van der Waals surface area contributed by atoms with Crippen LogP contribution in [0.4, 0.5) is 0 Å². The summed E-state index contributed by atoms with van der Waals surface area (Å²) in [5.74, 6) is 0. The van der Waals surface area contributed by atoms with Gasteiger partial charge >= 0.3 is 0 Å². The van der Waals surface area contributed by atoms with Crippen molar-refractivity contribution in [2.45, 2.75) is 20.8 Å². The standard InChI is InChI=1S/C14H11Br.C11H10.C2H6/c1-3-11-8-12-6-4-5-7-13(12)9-14(11)10(2)15;1-9-6-7-10-4-2-3-5-11(10)8-9;1-2/h3-9H,1-2H2;2-8H,1H3;1-2H3. The first-order chi connectivity index (χ1) is 13.6. The van der Waals surface area contributed by atoms with Gasteiger partial charge in [0.05, 0.1) is 0 Å². The Morgan fingerprint density at radius 2 is 1.25 bits per heavy atom. The van der Waals surface area contributed by atoms with Crippen LogP contribution in [0.25, 0.3) is 32.1 Å². The van der Waals surface area contributed by atoms with Gasteiger partial charge in [0.2, 0.25) is 0 Å². The van der Waals surface area contributed by atoms with E-state index in [2.05, 4.69) is 103 Å². The topological polar surface area (TPSA) is 0 Å². The summed E-state index contributed by atoms with van der Waals surface area (Å²) in [4.78, 5) is 0. The summed E-state index contributed by atoms with van der Waals surface area (Å²) in [7, 11) is 0. The van der Waals surface area contributed by atoms with Crippen LogP contribution in [0.1, 0.15) is 30.5 Å². The molecule has 0 saturated carbocycles. The van der Waals surface area contributed by atoms with Crippen molar-refractivity contribution in [2.75, 3.05) is 0 Å². The van der Waals surface area contributed by atoms with Crippen LogP contribution in [-0.4, -0.2) is 0 Å². The van der Waals surface area contributed by atoms with Gasteiger partial charge in [-0.2, -0.15) is 0 Å². The lowest BCUT2D eigenvalue weighted by atomic mass is 10.0. The summed E-state index contributed by atoms with van der Waals surface area (Å²) in [6.07, 6.45) is 1.86. The second kappa shape index (κ2) is 10.6. The third-order valence-electron chi connectivity index (χ3n) is 4.33. The van der Waals surface area contributed by atoms with E-state index in [0.29, 0.717) is 0 Å². The Balaban J connectivity index is 0.000000191. The van der Waals surface area contributed by atoms with Gasteiger partial charge in [-0.3, -0.25) is 0 Å². The number of benzene rings is 4. The van der Waals surface area contributed by atoms with E-state index in [1.54, 1.807) is 0 Å². The van der Waals surface area contributed by atoms with Crippen molar-refractivity contribution in [3.63, 3.8) is 0 Å². The van der Waals surface area contributed by atoms with Crippen LogP contribution in [0, 0.1) is 6.92 Å². The summed E-state index contributed by atoms with van der Waals surface area (Å²) in [5, 5.41) is 5.09. The summed E-state index contributed by atoms with van der Waals surface area (Å²) < 4.78 is 0.892. The molecule has 0 spiro atoms. The van der Waals surface area contributed by atoms with Crippen LogP contribution in [0.5, 0.6) is 0 Å². The highest BCUT2D eigenvalue weighted by atomic mass is 79.9. The van der Waals surface area contributed by atoms with Crippen molar-refractivity contribution in [2.24, 2.45) is 0 Å². The van der Waals surface area contributed by atoms with Crippen LogP contribution in [-0.2, 0) is 0 Å². The fourth-order valence-corrected chi connectivity index (χ4v) is 3.31. The molecule has 0 radical (unpaired) electrons. The minimum Gasteiger partial charge on any atom is -0.0984 e. The van der Waals surface area contributed by atoms with Gasteiger partial charge in [0, 0.05) is 4.48 Å². The Morgan fingerprint density at radius 1 is 0.750 bits per heavy atom. The normalized spacial score (nSPS) is 9.71. The molecular weight excluding hydrogens is 404 g/mol. The molecule has 0 aromatic heterocycles. The Hall–Kier alpha value is -2.64. The minimum absolute atomic E-state index is 0.892. The van der Waals surface area contributed by atoms with Crippen molar-refractivity contribution < 1.29 is 0 Å². The van der Waals surface area contributed by atoms with E-state index >= 15 is 0 Å². The van der Waals surface area contributed by atoms with Crippen molar-refractivity contribution in [1.82, 2.24) is 0 Å². The number of rotatable bonds is 2. The molecule has 4 aromatic carbocycles. The van der Waals surface area contributed by atoms with Gasteiger partial charge in [0.1, 0.15) is 0 Å². The van der Waals surface area contributed by atoms with Gasteiger partial charge in [-0.15, -0.1) is 0 Å². The first-order valence-electron chi connectivity index (χ1n) is 9.54. The van der Waals surface area contributed by atoms with Crippen molar-refractivity contribution in [3.8, 4) is 0 Å². The smallest absolute Gasteiger partial charge is 0.0182 e. The molecule has 0 unspecified atom stereocenters. The third kappa shape index (κ3) is 5.43. The van der Waals surface area contributed by atoms with Crippen molar-refractivity contribution in [1.29, 1.82) is 0 Å². The molecule has 0 heterocycles. The summed E-state index contributed by atoms with van der Waals surface area (Å²) in [6, 6.07) is 27.5. The van der Waals surface area contributed by atoms with Gasteiger partial charge < -0.3 is 0 Å². The van der Waals surface area contributed by atoms with E-state index in [4.69, 9.17) is 0 Å². The summed E-state index contributed by atoms with van der Waals surface area (Å²) >= 11 is 3.42. The second-order valence-corrected chi connectivity index (χ2v) is 7.20. The maximum absolute atomic E-state index is 3.91. The molecule has 1 heteroatoms. The molecule has 0 aliphatic carbocycles. The Morgan fingerprint density at radius 3 is 1.79 bits per heavy atom. The predicted octanol–water partition coefficient (Wildman–Crippen LogP) is 9.02. The lowest BCUT2D eigenvalue weighted by molar-refractivity contribution is 1.50. The molecule has 0 amide bonds. The maximum Gasteiger partial charge on any atom is 0.0182 e. The Kier molecular flexibility index (Phi) is 8.22. The van der Waals surface area contributed by atoms with Gasteiger partial charge in [-0.25, -0.2) is 0 Å². The molecule has 28 heavy (non-hydrogen) atoms. The molecule has 0 atom stereocenters. The van der Waals surface area contributed by atoms with Crippen LogP contribution in [0.15, 0.2) is 92.0 Å². The van der Waals surface area contributed by atoms with Gasteiger partial charge in [-0.1, -0.05) is 121 Å². The zero-order valence-corrected chi connectivity index (χ0v) is 18.5. The van der Waals surface area contributed by atoms with E-state index in [1.165, 1.54) is 27.1 Å². The lowest BCUT2D eigenvalue weighted by Crippen LogP contribution is -1.84. The van der Waals surface area contributed by atoms with E-state index in [-0.39, 0.29) is 0 Å². The quantitative estimate of drug-likeness (QED) is 0.297. The SMILES string of the molecule is C=Cc1cc2ccccc2cc1C(=C)Br.CC.Cc1ccc2ccccc2c1. The molecule has 4 rings (SSSR count). The van der Waals surface area contributed by atoms with Crippen LogP contribution in [0.2, 0.25) is 0 Å². The fraction of sp³-hybridized carbons (Fsp3) is 0.111. The van der Waals surface area contributed by atoms with Crippen LogP contribution in [0.3, 0.4) is 0 Å². The molecule has 0 aliphatic rings. The average molecular weight is 431 g/mol. The highest BCUT2D eigenvalue weighted by Crippen LogP contribution is 2.28. The van der Waals surface area contributed by atoms with Crippen LogP contribution >= 0.6 is 15.9 Å². The van der Waals surface area contributed by atoms with E-state index in [1.807, 2.05) is 32.1 Å². The molecular formula is C27H27Br. The second-order valence-electron chi connectivity index (χ2n) is 6.25. The number of halogens is 1. The van der Waals surface area contributed by atoms with E-state index in [9.17, 15) is 0 Å². The summed E-state index contributed by atoms with van der Waals surface area (Å²) in [5.41, 5.74) is 3.53. The van der Waals surface area contributed by atoms with Crippen LogP contribution < -0.4 is 0 Å². The van der Waals surface area contributed by atoms with E-state index < -0.39 is 0 Å². The zero-order chi connectivity index (χ0) is 20.5. The maximum atomic E-state index is 3.91. The predicted molar refractivity (Wildman–Crippen MR) is 132 cm³/mol. The largest absolute Gasteiger partial charge is 0.0984 e. The minimum atomic E-state index is 0.892. The molecule has 0 aliphatic heterocycles.